The first-order valence-electron chi connectivity index (χ1n) is 9.95. The van der Waals surface area contributed by atoms with Gasteiger partial charge < -0.3 is 14.7 Å². The number of carbonyl (C=O) groups is 2. The van der Waals surface area contributed by atoms with E-state index in [0.29, 0.717) is 24.5 Å². The van der Waals surface area contributed by atoms with Crippen molar-refractivity contribution in [1.29, 1.82) is 0 Å². The first-order valence-corrected chi connectivity index (χ1v) is 10.8. The van der Waals surface area contributed by atoms with Crippen LogP contribution in [0.4, 0.5) is 5.69 Å². The Kier molecular flexibility index (Phi) is 5.09. The molecule has 2 amide bonds. The number of nitrogens with one attached hydrogen (secondary N) is 1. The molecule has 31 heavy (non-hydrogen) atoms. The van der Waals surface area contributed by atoms with Gasteiger partial charge in [0, 0.05) is 30.4 Å². The molecule has 6 nitrogen and oxygen atoms in total. The smallest absolute Gasteiger partial charge is 0.277 e. The van der Waals surface area contributed by atoms with Gasteiger partial charge in [-0.3, -0.25) is 9.59 Å². The van der Waals surface area contributed by atoms with E-state index in [0.717, 1.165) is 22.4 Å². The average Bonchev–Trinajstić information content (AvgIpc) is 3.51. The van der Waals surface area contributed by atoms with Gasteiger partial charge in [-0.05, 0) is 41.1 Å². The van der Waals surface area contributed by atoms with Gasteiger partial charge in [0.25, 0.3) is 11.8 Å². The lowest BCUT2D eigenvalue weighted by Crippen LogP contribution is -2.35. The van der Waals surface area contributed by atoms with Gasteiger partial charge >= 0.3 is 0 Å². The van der Waals surface area contributed by atoms with Crippen molar-refractivity contribution in [3.63, 3.8) is 0 Å². The largest absolute Gasteiger partial charge is 0.355 e. The Hall–Kier alpha value is -3.71. The van der Waals surface area contributed by atoms with E-state index >= 15 is 0 Å². The Bertz CT molecular complexity index is 1230. The maximum atomic E-state index is 12.7. The minimum absolute atomic E-state index is 0.0473. The number of benzene rings is 2. The van der Waals surface area contributed by atoms with Crippen molar-refractivity contribution in [2.75, 3.05) is 11.9 Å². The number of thiophene rings is 1. The van der Waals surface area contributed by atoms with Crippen molar-refractivity contribution in [3.8, 4) is 11.3 Å². The predicted octanol–water partition coefficient (Wildman–Crippen LogP) is 4.85. The number of carbonyl (C=O) groups excluding carboxylic acids is 2. The highest BCUT2D eigenvalue weighted by Gasteiger charge is 2.23. The molecular weight excluding hydrogens is 410 g/mol. The van der Waals surface area contributed by atoms with Gasteiger partial charge in [-0.2, -0.15) is 0 Å². The molecule has 1 aliphatic rings. The summed E-state index contributed by atoms with van der Waals surface area (Å²) in [5, 5.41) is 8.69. The normalized spacial score (nSPS) is 13.0. The van der Waals surface area contributed by atoms with Crippen LogP contribution in [-0.4, -0.2) is 28.4 Å². The lowest BCUT2D eigenvalue weighted by molar-refractivity contribution is 0.0739. The van der Waals surface area contributed by atoms with Gasteiger partial charge in [-0.15, -0.1) is 11.3 Å². The molecular formula is C24H19N3O3S. The number of amides is 2. The number of hydrogen-bond acceptors (Lipinski definition) is 5. The number of anilines is 1. The van der Waals surface area contributed by atoms with Gasteiger partial charge in [-0.1, -0.05) is 47.6 Å². The first kappa shape index (κ1) is 19.3. The molecule has 1 N–H and O–H groups in total. The molecule has 154 valence electrons. The summed E-state index contributed by atoms with van der Waals surface area (Å²) >= 11 is 1.45. The standard InChI is InChI=1S/C24H19N3O3S/c28-23(20-14-21(30-26-20)17-5-2-1-3-6-17)25-19-9-8-16-10-11-27(15-18(16)13-19)24(29)22-7-4-12-31-22/h1-9,12-14H,10-11,15H2,(H,25,28). The van der Waals surface area contributed by atoms with E-state index in [1.165, 1.54) is 16.9 Å². The molecule has 4 aromatic rings. The molecule has 0 unspecified atom stereocenters. The lowest BCUT2D eigenvalue weighted by atomic mass is 9.99. The number of rotatable bonds is 4. The molecule has 7 heteroatoms. The van der Waals surface area contributed by atoms with Crippen LogP contribution in [0.5, 0.6) is 0 Å². The minimum atomic E-state index is -0.340. The van der Waals surface area contributed by atoms with Crippen LogP contribution in [0.15, 0.2) is 76.6 Å². The third kappa shape index (κ3) is 4.00. The van der Waals surface area contributed by atoms with Gasteiger partial charge in [0.2, 0.25) is 0 Å². The number of nitrogens with zero attached hydrogens (tertiary/aromatic N) is 2. The molecule has 0 spiro atoms. The SMILES string of the molecule is O=C(Nc1ccc2c(c1)CN(C(=O)c1cccs1)CC2)c1cc(-c2ccccc2)on1. The Morgan fingerprint density at radius 1 is 1.00 bits per heavy atom. The summed E-state index contributed by atoms with van der Waals surface area (Å²) in [7, 11) is 0. The van der Waals surface area contributed by atoms with Crippen molar-refractivity contribution in [2.24, 2.45) is 0 Å². The maximum Gasteiger partial charge on any atom is 0.277 e. The highest BCUT2D eigenvalue weighted by molar-refractivity contribution is 7.12. The summed E-state index contributed by atoms with van der Waals surface area (Å²) in [5.41, 5.74) is 3.97. The Morgan fingerprint density at radius 2 is 1.87 bits per heavy atom. The highest BCUT2D eigenvalue weighted by Crippen LogP contribution is 2.26. The second kappa shape index (κ2) is 8.20. The summed E-state index contributed by atoms with van der Waals surface area (Å²) in [5.74, 6) is 0.248. The molecule has 2 aromatic heterocycles. The Balaban J connectivity index is 1.30. The van der Waals surface area contributed by atoms with Crippen LogP contribution in [0, 0.1) is 0 Å². The van der Waals surface area contributed by atoms with E-state index < -0.39 is 0 Å². The molecule has 0 saturated heterocycles. The molecule has 0 fully saturated rings. The zero-order chi connectivity index (χ0) is 21.2. The van der Waals surface area contributed by atoms with E-state index in [4.69, 9.17) is 4.52 Å². The molecule has 3 heterocycles. The zero-order valence-corrected chi connectivity index (χ0v) is 17.4. The second-order valence-electron chi connectivity index (χ2n) is 7.33. The number of aromatic nitrogens is 1. The summed E-state index contributed by atoms with van der Waals surface area (Å²) < 4.78 is 5.32. The van der Waals surface area contributed by atoms with E-state index in [1.807, 2.05) is 70.9 Å². The van der Waals surface area contributed by atoms with Crippen LogP contribution < -0.4 is 5.32 Å². The zero-order valence-electron chi connectivity index (χ0n) is 16.6. The van der Waals surface area contributed by atoms with Crippen molar-refractivity contribution in [3.05, 3.63) is 93.8 Å². The van der Waals surface area contributed by atoms with Crippen molar-refractivity contribution < 1.29 is 14.1 Å². The average molecular weight is 430 g/mol. The van der Waals surface area contributed by atoms with E-state index in [9.17, 15) is 9.59 Å². The maximum absolute atomic E-state index is 12.7. The van der Waals surface area contributed by atoms with E-state index in [2.05, 4.69) is 10.5 Å². The van der Waals surface area contributed by atoms with E-state index in [1.54, 1.807) is 6.07 Å². The minimum Gasteiger partial charge on any atom is -0.355 e. The molecule has 0 radical (unpaired) electrons. The summed E-state index contributed by atoms with van der Waals surface area (Å²) in [4.78, 5) is 27.9. The number of hydrogen-bond donors (Lipinski definition) is 1. The molecule has 0 bridgehead atoms. The Morgan fingerprint density at radius 3 is 2.68 bits per heavy atom. The van der Waals surface area contributed by atoms with Crippen molar-refractivity contribution in [1.82, 2.24) is 10.1 Å². The van der Waals surface area contributed by atoms with Crippen LogP contribution in [0.3, 0.4) is 0 Å². The summed E-state index contributed by atoms with van der Waals surface area (Å²) in [6.07, 6.45) is 0.796. The fourth-order valence-electron chi connectivity index (χ4n) is 3.68. The topological polar surface area (TPSA) is 75.4 Å². The van der Waals surface area contributed by atoms with Crippen molar-refractivity contribution >= 4 is 28.8 Å². The summed E-state index contributed by atoms with van der Waals surface area (Å²) in [6.45, 7) is 1.22. The predicted molar refractivity (Wildman–Crippen MR) is 119 cm³/mol. The lowest BCUT2D eigenvalue weighted by Gasteiger charge is -2.29. The van der Waals surface area contributed by atoms with Gasteiger partial charge in [-0.25, -0.2) is 0 Å². The van der Waals surface area contributed by atoms with Crippen LogP contribution in [0.1, 0.15) is 31.3 Å². The molecule has 2 aromatic carbocycles. The molecule has 0 atom stereocenters. The quantitative estimate of drug-likeness (QED) is 0.503. The second-order valence-corrected chi connectivity index (χ2v) is 8.28. The molecule has 1 aliphatic heterocycles. The third-order valence-electron chi connectivity index (χ3n) is 5.30. The Labute approximate surface area is 183 Å². The monoisotopic (exact) mass is 429 g/mol. The van der Waals surface area contributed by atoms with E-state index in [-0.39, 0.29) is 17.5 Å². The molecule has 5 rings (SSSR count). The van der Waals surface area contributed by atoms with Crippen molar-refractivity contribution in [2.45, 2.75) is 13.0 Å². The van der Waals surface area contributed by atoms with Gasteiger partial charge in [0.05, 0.1) is 4.88 Å². The van der Waals surface area contributed by atoms with Crippen LogP contribution in [0.25, 0.3) is 11.3 Å². The molecule has 0 saturated carbocycles. The number of fused-ring (bicyclic) bond motifs is 1. The van der Waals surface area contributed by atoms with Crippen LogP contribution >= 0.6 is 11.3 Å². The third-order valence-corrected chi connectivity index (χ3v) is 6.15. The summed E-state index contributed by atoms with van der Waals surface area (Å²) in [6, 6.07) is 20.7. The van der Waals surface area contributed by atoms with Gasteiger partial charge in [0.15, 0.2) is 11.5 Å². The highest BCUT2D eigenvalue weighted by atomic mass is 32.1. The van der Waals surface area contributed by atoms with Crippen LogP contribution in [-0.2, 0) is 13.0 Å². The first-order chi connectivity index (χ1) is 15.2. The fraction of sp³-hybridized carbons (Fsp3) is 0.125. The van der Waals surface area contributed by atoms with Crippen LogP contribution in [0.2, 0.25) is 0 Å². The fourth-order valence-corrected chi connectivity index (χ4v) is 4.37. The molecule has 0 aliphatic carbocycles. The van der Waals surface area contributed by atoms with Gasteiger partial charge in [0.1, 0.15) is 0 Å².